The van der Waals surface area contributed by atoms with Crippen LogP contribution in [0.5, 0.6) is 0 Å². The molecule has 0 radical (unpaired) electrons. The first-order chi connectivity index (χ1) is 14.1. The second-order valence-corrected chi connectivity index (χ2v) is 7.46. The molecule has 0 N–H and O–H groups in total. The lowest BCUT2D eigenvalue weighted by atomic mass is 10.2. The molecule has 0 atom stereocenters. The summed E-state index contributed by atoms with van der Waals surface area (Å²) in [6, 6.07) is 15.2. The fourth-order valence-electron chi connectivity index (χ4n) is 2.99. The highest BCUT2D eigenvalue weighted by Gasteiger charge is 2.32. The van der Waals surface area contributed by atoms with Gasteiger partial charge in [0.15, 0.2) is 5.17 Å². The van der Waals surface area contributed by atoms with Crippen molar-refractivity contribution in [1.29, 1.82) is 0 Å². The van der Waals surface area contributed by atoms with Gasteiger partial charge in [-0.1, -0.05) is 42.1 Å². The Morgan fingerprint density at radius 2 is 1.86 bits per heavy atom. The zero-order valence-corrected chi connectivity index (χ0v) is 16.3. The number of carbonyl (C=O) groups excluding carboxylic acids is 2. The lowest BCUT2D eigenvalue weighted by molar-refractivity contribution is -0.113. The SMILES string of the molecule is O=C1OCCN1CCSC1=N/C(=C\c2ccccc2)C(=O)N1c1ccc(F)cc1. The molecular formula is C21H18FN3O3S. The van der Waals surface area contributed by atoms with Crippen LogP contribution >= 0.6 is 11.8 Å². The largest absolute Gasteiger partial charge is 0.448 e. The number of anilines is 1. The molecule has 0 saturated carbocycles. The summed E-state index contributed by atoms with van der Waals surface area (Å²) < 4.78 is 18.3. The van der Waals surface area contributed by atoms with Crippen molar-refractivity contribution in [3.05, 3.63) is 71.7 Å². The molecule has 2 aliphatic heterocycles. The predicted octanol–water partition coefficient (Wildman–Crippen LogP) is 3.75. The summed E-state index contributed by atoms with van der Waals surface area (Å²) in [5.74, 6) is -0.0972. The molecule has 2 aliphatic rings. The fourth-order valence-corrected chi connectivity index (χ4v) is 3.97. The number of amides is 2. The van der Waals surface area contributed by atoms with Gasteiger partial charge >= 0.3 is 6.09 Å². The maximum Gasteiger partial charge on any atom is 0.409 e. The Balaban J connectivity index is 1.57. The van der Waals surface area contributed by atoms with Crippen molar-refractivity contribution >= 4 is 40.7 Å². The minimum absolute atomic E-state index is 0.274. The fraction of sp³-hybridized carbons (Fsp3) is 0.190. The first kappa shape index (κ1) is 19.2. The van der Waals surface area contributed by atoms with Crippen molar-refractivity contribution in [1.82, 2.24) is 4.90 Å². The normalized spacial score (nSPS) is 17.8. The Hall–Kier alpha value is -3.13. The Kier molecular flexibility index (Phi) is 5.62. The molecule has 8 heteroatoms. The van der Waals surface area contributed by atoms with Gasteiger partial charge in [-0.2, -0.15) is 0 Å². The lowest BCUT2D eigenvalue weighted by Gasteiger charge is -2.18. The van der Waals surface area contributed by atoms with E-state index in [1.165, 1.54) is 28.8 Å². The molecule has 2 heterocycles. The summed E-state index contributed by atoms with van der Waals surface area (Å²) in [5, 5.41) is 0.497. The number of ether oxygens (including phenoxy) is 1. The van der Waals surface area contributed by atoms with Crippen molar-refractivity contribution in [2.75, 3.05) is 30.3 Å². The number of thioether (sulfide) groups is 1. The van der Waals surface area contributed by atoms with Gasteiger partial charge in [0.2, 0.25) is 0 Å². The quantitative estimate of drug-likeness (QED) is 0.703. The van der Waals surface area contributed by atoms with Gasteiger partial charge < -0.3 is 9.64 Å². The van der Waals surface area contributed by atoms with Crippen LogP contribution in [0.4, 0.5) is 14.9 Å². The van der Waals surface area contributed by atoms with Gasteiger partial charge in [0.1, 0.15) is 18.1 Å². The van der Waals surface area contributed by atoms with E-state index in [0.29, 0.717) is 42.0 Å². The Bertz CT molecular complexity index is 976. The molecular weight excluding hydrogens is 393 g/mol. The van der Waals surface area contributed by atoms with Crippen molar-refractivity contribution in [3.63, 3.8) is 0 Å². The number of carbonyl (C=O) groups is 2. The molecule has 6 nitrogen and oxygen atoms in total. The topological polar surface area (TPSA) is 62.2 Å². The number of cyclic esters (lactones) is 1. The Labute approximate surface area is 171 Å². The Morgan fingerprint density at radius 1 is 1.10 bits per heavy atom. The van der Waals surface area contributed by atoms with Crippen molar-refractivity contribution in [3.8, 4) is 0 Å². The summed E-state index contributed by atoms with van der Waals surface area (Å²) in [6.45, 7) is 1.45. The van der Waals surface area contributed by atoms with Crippen molar-refractivity contribution in [2.45, 2.75) is 0 Å². The molecule has 1 fully saturated rings. The summed E-state index contributed by atoms with van der Waals surface area (Å²) >= 11 is 1.37. The van der Waals surface area contributed by atoms with Crippen LogP contribution in [0.25, 0.3) is 6.08 Å². The molecule has 2 aromatic rings. The minimum Gasteiger partial charge on any atom is -0.448 e. The number of hydrogen-bond donors (Lipinski definition) is 0. The molecule has 148 valence electrons. The minimum atomic E-state index is -0.376. The van der Waals surface area contributed by atoms with E-state index in [-0.39, 0.29) is 17.8 Å². The van der Waals surface area contributed by atoms with Crippen molar-refractivity contribution < 1.29 is 18.7 Å². The molecule has 0 unspecified atom stereocenters. The number of nitrogens with zero attached hydrogens (tertiary/aromatic N) is 3. The number of aliphatic imine (C=N–C) groups is 1. The highest BCUT2D eigenvalue weighted by molar-refractivity contribution is 8.14. The molecule has 2 aromatic carbocycles. The van der Waals surface area contributed by atoms with E-state index in [9.17, 15) is 14.0 Å². The van der Waals surface area contributed by atoms with Crippen LogP contribution in [0, 0.1) is 5.82 Å². The first-order valence-corrected chi connectivity index (χ1v) is 10.1. The van der Waals surface area contributed by atoms with E-state index in [0.717, 1.165) is 5.56 Å². The van der Waals surface area contributed by atoms with Crippen LogP contribution in [0.1, 0.15) is 5.56 Å². The number of rotatable bonds is 5. The highest BCUT2D eigenvalue weighted by Crippen LogP contribution is 2.29. The van der Waals surface area contributed by atoms with Crippen molar-refractivity contribution in [2.24, 2.45) is 4.99 Å². The molecule has 2 amide bonds. The number of amidine groups is 1. The summed E-state index contributed by atoms with van der Waals surface area (Å²) in [6.07, 6.45) is 1.40. The molecule has 0 spiro atoms. The van der Waals surface area contributed by atoms with E-state index >= 15 is 0 Å². The molecule has 0 aromatic heterocycles. The highest BCUT2D eigenvalue weighted by atomic mass is 32.2. The average Bonchev–Trinajstić information content (AvgIpc) is 3.27. The predicted molar refractivity (Wildman–Crippen MR) is 111 cm³/mol. The van der Waals surface area contributed by atoms with Gasteiger partial charge in [-0.3, -0.25) is 9.69 Å². The smallest absolute Gasteiger partial charge is 0.409 e. The molecule has 29 heavy (non-hydrogen) atoms. The third-order valence-corrected chi connectivity index (χ3v) is 5.37. The molecule has 0 bridgehead atoms. The van der Waals surface area contributed by atoms with Crippen LogP contribution in [0.2, 0.25) is 0 Å². The van der Waals surface area contributed by atoms with Gasteiger partial charge in [0.25, 0.3) is 5.91 Å². The summed E-state index contributed by atoms with van der Waals surface area (Å²) in [7, 11) is 0. The summed E-state index contributed by atoms with van der Waals surface area (Å²) in [5.41, 5.74) is 1.72. The van der Waals surface area contributed by atoms with Gasteiger partial charge in [0, 0.05) is 12.3 Å². The molecule has 4 rings (SSSR count). The standard InChI is InChI=1S/C21H18FN3O3S/c22-16-6-8-17(9-7-16)25-19(26)18(14-15-4-2-1-3-5-15)23-20(25)29-13-11-24-10-12-28-21(24)27/h1-9,14H,10-13H2/b18-14-. The van der Waals surface area contributed by atoms with E-state index in [1.54, 1.807) is 23.1 Å². The van der Waals surface area contributed by atoms with Crippen LogP contribution in [0.3, 0.4) is 0 Å². The third kappa shape index (κ3) is 4.32. The monoisotopic (exact) mass is 411 g/mol. The number of hydrogen-bond acceptors (Lipinski definition) is 5. The average molecular weight is 411 g/mol. The van der Waals surface area contributed by atoms with Crippen LogP contribution in [-0.4, -0.2) is 47.5 Å². The number of benzene rings is 2. The second-order valence-electron chi connectivity index (χ2n) is 6.40. The van der Waals surface area contributed by atoms with E-state index in [2.05, 4.69) is 4.99 Å². The van der Waals surface area contributed by atoms with Gasteiger partial charge in [-0.05, 0) is 35.9 Å². The van der Waals surface area contributed by atoms with Crippen LogP contribution in [-0.2, 0) is 9.53 Å². The van der Waals surface area contributed by atoms with Gasteiger partial charge in [-0.25, -0.2) is 14.2 Å². The second kappa shape index (κ2) is 8.48. The van der Waals surface area contributed by atoms with E-state index < -0.39 is 0 Å². The van der Waals surface area contributed by atoms with Crippen LogP contribution in [0.15, 0.2) is 65.3 Å². The summed E-state index contributed by atoms with van der Waals surface area (Å²) in [4.78, 5) is 32.2. The van der Waals surface area contributed by atoms with Gasteiger partial charge in [-0.15, -0.1) is 0 Å². The zero-order chi connectivity index (χ0) is 20.2. The van der Waals surface area contributed by atoms with Gasteiger partial charge in [0.05, 0.1) is 12.2 Å². The zero-order valence-electron chi connectivity index (χ0n) is 15.5. The third-order valence-electron chi connectivity index (χ3n) is 4.45. The Morgan fingerprint density at radius 3 is 2.55 bits per heavy atom. The first-order valence-electron chi connectivity index (χ1n) is 9.12. The molecule has 1 saturated heterocycles. The number of halogens is 1. The molecule has 0 aliphatic carbocycles. The van der Waals surface area contributed by atoms with E-state index in [4.69, 9.17) is 4.74 Å². The van der Waals surface area contributed by atoms with E-state index in [1.807, 2.05) is 30.3 Å². The maximum atomic E-state index is 13.3. The lowest BCUT2D eigenvalue weighted by Crippen LogP contribution is -2.32. The maximum absolute atomic E-state index is 13.3. The van der Waals surface area contributed by atoms with Crippen LogP contribution < -0.4 is 4.90 Å².